The molecule has 0 spiro atoms. The van der Waals surface area contributed by atoms with Crippen molar-refractivity contribution < 1.29 is 8.81 Å². The average molecular weight is 247 g/mol. The molecule has 3 heteroatoms. The van der Waals surface area contributed by atoms with Crippen LogP contribution >= 0.6 is 0 Å². The lowest BCUT2D eigenvalue weighted by Gasteiger charge is -2.16. The quantitative estimate of drug-likeness (QED) is 0.873. The van der Waals surface area contributed by atoms with Gasteiger partial charge in [-0.25, -0.2) is 4.39 Å². The SMILES string of the molecule is CCNC(Cc1cccc(F)c1)c1occc1C. The lowest BCUT2D eigenvalue weighted by Crippen LogP contribution is -2.23. The highest BCUT2D eigenvalue weighted by atomic mass is 19.1. The Morgan fingerprint density at radius 1 is 1.33 bits per heavy atom. The van der Waals surface area contributed by atoms with Gasteiger partial charge in [0.1, 0.15) is 11.6 Å². The van der Waals surface area contributed by atoms with Gasteiger partial charge in [-0.05, 0) is 49.2 Å². The van der Waals surface area contributed by atoms with Crippen molar-refractivity contribution in [1.82, 2.24) is 5.32 Å². The van der Waals surface area contributed by atoms with E-state index in [1.807, 2.05) is 19.1 Å². The van der Waals surface area contributed by atoms with Gasteiger partial charge >= 0.3 is 0 Å². The van der Waals surface area contributed by atoms with Crippen molar-refractivity contribution in [2.24, 2.45) is 0 Å². The highest BCUT2D eigenvalue weighted by Crippen LogP contribution is 2.22. The van der Waals surface area contributed by atoms with Gasteiger partial charge in [-0.3, -0.25) is 0 Å². The van der Waals surface area contributed by atoms with E-state index in [4.69, 9.17) is 4.42 Å². The topological polar surface area (TPSA) is 25.2 Å². The van der Waals surface area contributed by atoms with Crippen molar-refractivity contribution in [3.63, 3.8) is 0 Å². The molecule has 0 radical (unpaired) electrons. The molecule has 0 aliphatic heterocycles. The van der Waals surface area contributed by atoms with E-state index >= 15 is 0 Å². The predicted octanol–water partition coefficient (Wildman–Crippen LogP) is 3.62. The van der Waals surface area contributed by atoms with Crippen LogP contribution in [0.2, 0.25) is 0 Å². The Morgan fingerprint density at radius 2 is 2.17 bits per heavy atom. The van der Waals surface area contributed by atoms with Crippen LogP contribution in [0.5, 0.6) is 0 Å². The average Bonchev–Trinajstić information content (AvgIpc) is 2.75. The van der Waals surface area contributed by atoms with Gasteiger partial charge in [-0.1, -0.05) is 19.1 Å². The second-order valence-electron chi connectivity index (χ2n) is 4.41. The molecule has 1 heterocycles. The third kappa shape index (κ3) is 2.99. The molecular weight excluding hydrogens is 229 g/mol. The molecule has 0 amide bonds. The Kier molecular flexibility index (Phi) is 4.15. The molecular formula is C15H18FNO. The zero-order valence-corrected chi connectivity index (χ0v) is 10.7. The summed E-state index contributed by atoms with van der Waals surface area (Å²) in [6, 6.07) is 8.75. The van der Waals surface area contributed by atoms with E-state index in [0.717, 1.165) is 29.9 Å². The number of likely N-dealkylation sites (N-methyl/N-ethyl adjacent to an activating group) is 1. The van der Waals surface area contributed by atoms with E-state index in [2.05, 4.69) is 12.2 Å². The van der Waals surface area contributed by atoms with Crippen LogP contribution in [-0.2, 0) is 6.42 Å². The van der Waals surface area contributed by atoms with Gasteiger partial charge in [0.25, 0.3) is 0 Å². The minimum atomic E-state index is -0.195. The van der Waals surface area contributed by atoms with Crippen LogP contribution in [-0.4, -0.2) is 6.54 Å². The fourth-order valence-corrected chi connectivity index (χ4v) is 2.15. The predicted molar refractivity (Wildman–Crippen MR) is 70.0 cm³/mol. The maximum atomic E-state index is 13.2. The molecule has 2 rings (SSSR count). The summed E-state index contributed by atoms with van der Waals surface area (Å²) in [7, 11) is 0. The summed E-state index contributed by atoms with van der Waals surface area (Å²) >= 11 is 0. The van der Waals surface area contributed by atoms with Crippen LogP contribution in [0.4, 0.5) is 4.39 Å². The number of hydrogen-bond donors (Lipinski definition) is 1. The zero-order chi connectivity index (χ0) is 13.0. The summed E-state index contributed by atoms with van der Waals surface area (Å²) in [5, 5.41) is 3.38. The Labute approximate surface area is 107 Å². The number of furan rings is 1. The number of nitrogens with one attached hydrogen (secondary N) is 1. The molecule has 2 nitrogen and oxygen atoms in total. The summed E-state index contributed by atoms with van der Waals surface area (Å²) in [4.78, 5) is 0. The number of rotatable bonds is 5. The maximum Gasteiger partial charge on any atom is 0.123 e. The molecule has 1 aromatic carbocycles. The Bertz CT molecular complexity index is 507. The first-order valence-electron chi connectivity index (χ1n) is 6.22. The molecule has 0 fully saturated rings. The standard InChI is InChI=1S/C15H18FNO/c1-3-17-14(15-11(2)7-8-18-15)10-12-5-4-6-13(16)9-12/h4-9,14,17H,3,10H2,1-2H3. The van der Waals surface area contributed by atoms with Crippen molar-refractivity contribution in [1.29, 1.82) is 0 Å². The van der Waals surface area contributed by atoms with Crippen molar-refractivity contribution >= 4 is 0 Å². The fourth-order valence-electron chi connectivity index (χ4n) is 2.15. The molecule has 0 saturated heterocycles. The van der Waals surface area contributed by atoms with Crippen LogP contribution in [0.25, 0.3) is 0 Å². The summed E-state index contributed by atoms with van der Waals surface area (Å²) in [6.07, 6.45) is 2.42. The Balaban J connectivity index is 2.19. The smallest absolute Gasteiger partial charge is 0.123 e. The minimum Gasteiger partial charge on any atom is -0.467 e. The van der Waals surface area contributed by atoms with Gasteiger partial charge in [0.2, 0.25) is 0 Å². The normalized spacial score (nSPS) is 12.6. The number of halogens is 1. The molecule has 1 N–H and O–H groups in total. The Morgan fingerprint density at radius 3 is 2.78 bits per heavy atom. The first kappa shape index (κ1) is 12.8. The molecule has 96 valence electrons. The first-order valence-corrected chi connectivity index (χ1v) is 6.22. The minimum absolute atomic E-state index is 0.0896. The van der Waals surface area contributed by atoms with Crippen LogP contribution < -0.4 is 5.32 Å². The second-order valence-corrected chi connectivity index (χ2v) is 4.41. The molecule has 18 heavy (non-hydrogen) atoms. The van der Waals surface area contributed by atoms with E-state index in [0.29, 0.717) is 0 Å². The largest absolute Gasteiger partial charge is 0.467 e. The monoisotopic (exact) mass is 247 g/mol. The second kappa shape index (κ2) is 5.83. The molecule has 1 aromatic heterocycles. The summed E-state index contributed by atoms with van der Waals surface area (Å²) in [5.74, 6) is 0.736. The van der Waals surface area contributed by atoms with Gasteiger partial charge in [0, 0.05) is 0 Å². The lowest BCUT2D eigenvalue weighted by atomic mass is 10.0. The van der Waals surface area contributed by atoms with Crippen LogP contribution in [0.15, 0.2) is 41.0 Å². The Hall–Kier alpha value is -1.61. The van der Waals surface area contributed by atoms with Crippen LogP contribution in [0.3, 0.4) is 0 Å². The van der Waals surface area contributed by atoms with E-state index in [1.54, 1.807) is 18.4 Å². The zero-order valence-electron chi connectivity index (χ0n) is 10.7. The van der Waals surface area contributed by atoms with Crippen molar-refractivity contribution in [2.75, 3.05) is 6.54 Å². The highest BCUT2D eigenvalue weighted by molar-refractivity contribution is 5.23. The van der Waals surface area contributed by atoms with Gasteiger partial charge in [-0.2, -0.15) is 0 Å². The number of benzene rings is 1. The highest BCUT2D eigenvalue weighted by Gasteiger charge is 2.16. The lowest BCUT2D eigenvalue weighted by molar-refractivity contribution is 0.413. The van der Waals surface area contributed by atoms with E-state index in [-0.39, 0.29) is 11.9 Å². The summed E-state index contributed by atoms with van der Waals surface area (Å²) in [5.41, 5.74) is 2.09. The van der Waals surface area contributed by atoms with Crippen molar-refractivity contribution in [2.45, 2.75) is 26.3 Å². The van der Waals surface area contributed by atoms with Crippen LogP contribution in [0.1, 0.15) is 29.9 Å². The molecule has 0 aliphatic rings. The third-order valence-corrected chi connectivity index (χ3v) is 3.00. The number of hydrogen-bond acceptors (Lipinski definition) is 2. The number of aryl methyl sites for hydroxylation is 1. The molecule has 0 saturated carbocycles. The maximum absolute atomic E-state index is 13.2. The molecule has 1 unspecified atom stereocenters. The van der Waals surface area contributed by atoms with Gasteiger partial charge in [0.15, 0.2) is 0 Å². The third-order valence-electron chi connectivity index (χ3n) is 3.00. The van der Waals surface area contributed by atoms with Gasteiger partial charge in [0.05, 0.1) is 12.3 Å². The van der Waals surface area contributed by atoms with Crippen molar-refractivity contribution in [3.05, 3.63) is 59.3 Å². The molecule has 0 bridgehead atoms. The first-order chi connectivity index (χ1) is 8.70. The summed E-state index contributed by atoms with van der Waals surface area (Å²) in [6.45, 7) is 4.92. The van der Waals surface area contributed by atoms with E-state index < -0.39 is 0 Å². The summed E-state index contributed by atoms with van der Waals surface area (Å²) < 4.78 is 18.7. The van der Waals surface area contributed by atoms with Gasteiger partial charge < -0.3 is 9.73 Å². The molecule has 2 aromatic rings. The molecule has 1 atom stereocenters. The van der Waals surface area contributed by atoms with Crippen LogP contribution in [0, 0.1) is 12.7 Å². The van der Waals surface area contributed by atoms with E-state index in [1.165, 1.54) is 6.07 Å². The van der Waals surface area contributed by atoms with Crippen molar-refractivity contribution in [3.8, 4) is 0 Å². The van der Waals surface area contributed by atoms with E-state index in [9.17, 15) is 4.39 Å². The van der Waals surface area contributed by atoms with Gasteiger partial charge in [-0.15, -0.1) is 0 Å². The fraction of sp³-hybridized carbons (Fsp3) is 0.333. The molecule has 0 aliphatic carbocycles.